The van der Waals surface area contributed by atoms with Gasteiger partial charge in [0.25, 0.3) is 0 Å². The average Bonchev–Trinajstić information content (AvgIpc) is 2.10. The molecule has 0 heterocycles. The minimum absolute atomic E-state index is 0.241. The summed E-state index contributed by atoms with van der Waals surface area (Å²) in [6.45, 7) is 2.01. The lowest BCUT2D eigenvalue weighted by atomic mass is 10.3. The number of halogens is 1. The highest BCUT2D eigenvalue weighted by Gasteiger charge is 2.07. The van der Waals surface area contributed by atoms with Crippen LogP contribution in [0.25, 0.3) is 0 Å². The maximum absolute atomic E-state index is 13.1. The number of hydrogen-bond donors (Lipinski definition) is 1. The van der Waals surface area contributed by atoms with Crippen molar-refractivity contribution in [2.45, 2.75) is 11.8 Å². The van der Waals surface area contributed by atoms with E-state index in [-0.39, 0.29) is 5.75 Å². The Bertz CT molecular complexity index is 304. The van der Waals surface area contributed by atoms with Crippen molar-refractivity contribution in [3.05, 3.63) is 17.9 Å². The lowest BCUT2D eigenvalue weighted by molar-refractivity contribution is 0.385. The smallest absolute Gasteiger partial charge is 0.167 e. The maximum Gasteiger partial charge on any atom is 0.167 e. The highest BCUT2D eigenvalue weighted by atomic mass is 32.2. The summed E-state index contributed by atoms with van der Waals surface area (Å²) in [5.41, 5.74) is 6.08. The van der Waals surface area contributed by atoms with E-state index >= 15 is 0 Å². The van der Waals surface area contributed by atoms with E-state index in [9.17, 15) is 4.39 Å². The van der Waals surface area contributed by atoms with Gasteiger partial charge >= 0.3 is 0 Å². The topological polar surface area (TPSA) is 35.2 Å². The van der Waals surface area contributed by atoms with E-state index in [1.54, 1.807) is 17.8 Å². The molecule has 13 heavy (non-hydrogen) atoms. The second kappa shape index (κ2) is 4.37. The first-order valence-electron chi connectivity index (χ1n) is 3.94. The summed E-state index contributed by atoms with van der Waals surface area (Å²) in [6, 6.07) is 2.91. The second-order valence-electron chi connectivity index (χ2n) is 2.46. The van der Waals surface area contributed by atoms with Gasteiger partial charge in [-0.25, -0.2) is 4.39 Å². The molecule has 2 nitrogen and oxygen atoms in total. The number of benzene rings is 1. The van der Waals surface area contributed by atoms with Gasteiger partial charge in [0.15, 0.2) is 11.6 Å². The third kappa shape index (κ3) is 2.28. The predicted octanol–water partition coefficient (Wildman–Crippen LogP) is 2.53. The Morgan fingerprint density at radius 1 is 1.54 bits per heavy atom. The Balaban J connectivity index is 3.06. The number of rotatable bonds is 3. The van der Waals surface area contributed by atoms with Crippen LogP contribution in [0.2, 0.25) is 0 Å². The first-order chi connectivity index (χ1) is 6.19. The van der Waals surface area contributed by atoms with Crippen LogP contribution in [0.3, 0.4) is 0 Å². The summed E-state index contributed by atoms with van der Waals surface area (Å²) in [4.78, 5) is 0.862. The van der Waals surface area contributed by atoms with Gasteiger partial charge < -0.3 is 10.5 Å². The number of hydrogen-bond acceptors (Lipinski definition) is 3. The molecule has 0 radical (unpaired) electrons. The largest absolute Gasteiger partial charge is 0.494 e. The molecule has 72 valence electrons. The molecule has 0 aliphatic rings. The third-order valence-electron chi connectivity index (χ3n) is 1.58. The fourth-order valence-electron chi connectivity index (χ4n) is 0.987. The summed E-state index contributed by atoms with van der Waals surface area (Å²) in [6.07, 6.45) is 0. The van der Waals surface area contributed by atoms with Gasteiger partial charge in [-0.1, -0.05) is 6.92 Å². The average molecular weight is 201 g/mol. The molecule has 0 saturated heterocycles. The van der Waals surface area contributed by atoms with Gasteiger partial charge in [0.2, 0.25) is 0 Å². The van der Waals surface area contributed by atoms with Crippen LogP contribution in [0, 0.1) is 5.82 Å². The molecule has 0 aliphatic carbocycles. The second-order valence-corrected chi connectivity index (χ2v) is 3.76. The normalized spacial score (nSPS) is 10.1. The van der Waals surface area contributed by atoms with E-state index in [4.69, 9.17) is 10.5 Å². The van der Waals surface area contributed by atoms with Crippen molar-refractivity contribution >= 4 is 17.4 Å². The zero-order valence-electron chi connectivity index (χ0n) is 7.63. The van der Waals surface area contributed by atoms with Crippen molar-refractivity contribution in [2.24, 2.45) is 0 Å². The minimum atomic E-state index is -0.416. The number of thioether (sulfide) groups is 1. The lowest BCUT2D eigenvalue weighted by Gasteiger charge is -2.07. The van der Waals surface area contributed by atoms with E-state index in [0.29, 0.717) is 5.69 Å². The zero-order chi connectivity index (χ0) is 9.84. The molecular formula is C9H12FNOS. The van der Waals surface area contributed by atoms with Crippen molar-refractivity contribution < 1.29 is 9.13 Å². The monoisotopic (exact) mass is 201 g/mol. The van der Waals surface area contributed by atoms with Crippen molar-refractivity contribution in [2.75, 3.05) is 18.6 Å². The molecule has 0 spiro atoms. The lowest BCUT2D eigenvalue weighted by Crippen LogP contribution is -1.94. The molecule has 0 unspecified atom stereocenters. The van der Waals surface area contributed by atoms with Crippen LogP contribution in [0.4, 0.5) is 10.1 Å². The molecule has 0 bridgehead atoms. The molecular weight excluding hydrogens is 189 g/mol. The molecule has 0 aliphatic heterocycles. The number of ether oxygens (including phenoxy) is 1. The summed E-state index contributed by atoms with van der Waals surface area (Å²) >= 11 is 1.57. The number of nitrogen functional groups attached to an aromatic ring is 1. The fraction of sp³-hybridized carbons (Fsp3) is 0.333. The fourth-order valence-corrected chi connectivity index (χ4v) is 1.71. The molecule has 2 N–H and O–H groups in total. The number of anilines is 1. The van der Waals surface area contributed by atoms with Crippen LogP contribution in [0.15, 0.2) is 17.0 Å². The van der Waals surface area contributed by atoms with Crippen LogP contribution in [-0.4, -0.2) is 12.9 Å². The number of methoxy groups -OCH3 is 1. The summed E-state index contributed by atoms with van der Waals surface area (Å²) in [5.74, 6) is 0.726. The van der Waals surface area contributed by atoms with E-state index in [0.717, 1.165) is 10.6 Å². The minimum Gasteiger partial charge on any atom is -0.494 e. The molecule has 0 atom stereocenters. The van der Waals surface area contributed by atoms with Crippen molar-refractivity contribution in [1.82, 2.24) is 0 Å². The highest BCUT2D eigenvalue weighted by molar-refractivity contribution is 7.99. The SMILES string of the molecule is CCSc1cc(OC)c(F)cc1N. The molecule has 1 aromatic carbocycles. The Labute approximate surface area is 81.3 Å². The van der Waals surface area contributed by atoms with Gasteiger partial charge in [-0.3, -0.25) is 0 Å². The maximum atomic E-state index is 13.1. The van der Waals surface area contributed by atoms with E-state index in [1.165, 1.54) is 13.2 Å². The Morgan fingerprint density at radius 3 is 2.77 bits per heavy atom. The van der Waals surface area contributed by atoms with Gasteiger partial charge in [-0.15, -0.1) is 11.8 Å². The molecule has 1 aromatic rings. The van der Waals surface area contributed by atoms with Gasteiger partial charge in [0, 0.05) is 16.6 Å². The Kier molecular flexibility index (Phi) is 3.42. The van der Waals surface area contributed by atoms with Crippen LogP contribution in [-0.2, 0) is 0 Å². The zero-order valence-corrected chi connectivity index (χ0v) is 8.45. The van der Waals surface area contributed by atoms with E-state index in [2.05, 4.69) is 0 Å². The van der Waals surface area contributed by atoms with Gasteiger partial charge in [-0.05, 0) is 11.8 Å². The van der Waals surface area contributed by atoms with Crippen LogP contribution in [0.5, 0.6) is 5.75 Å². The molecule has 0 fully saturated rings. The molecule has 0 amide bonds. The first kappa shape index (κ1) is 10.2. The van der Waals surface area contributed by atoms with Gasteiger partial charge in [0.05, 0.1) is 7.11 Å². The van der Waals surface area contributed by atoms with Crippen molar-refractivity contribution in [3.63, 3.8) is 0 Å². The van der Waals surface area contributed by atoms with E-state index in [1.807, 2.05) is 6.92 Å². The number of nitrogens with two attached hydrogens (primary N) is 1. The Hall–Kier alpha value is -0.900. The summed E-state index contributed by atoms with van der Waals surface area (Å²) in [5, 5.41) is 0. The van der Waals surface area contributed by atoms with Crippen LogP contribution < -0.4 is 10.5 Å². The summed E-state index contributed by atoms with van der Waals surface area (Å²) in [7, 11) is 1.44. The molecule has 0 aromatic heterocycles. The molecule has 0 saturated carbocycles. The summed E-state index contributed by atoms with van der Waals surface area (Å²) < 4.78 is 17.9. The highest BCUT2D eigenvalue weighted by Crippen LogP contribution is 2.31. The molecule has 4 heteroatoms. The van der Waals surface area contributed by atoms with E-state index < -0.39 is 5.82 Å². The predicted molar refractivity (Wildman–Crippen MR) is 53.8 cm³/mol. The van der Waals surface area contributed by atoms with Crippen molar-refractivity contribution in [3.8, 4) is 5.75 Å². The van der Waals surface area contributed by atoms with Crippen LogP contribution >= 0.6 is 11.8 Å². The van der Waals surface area contributed by atoms with Crippen LogP contribution in [0.1, 0.15) is 6.92 Å². The van der Waals surface area contributed by atoms with Crippen molar-refractivity contribution in [1.29, 1.82) is 0 Å². The third-order valence-corrected chi connectivity index (χ3v) is 2.54. The van der Waals surface area contributed by atoms with Gasteiger partial charge in [-0.2, -0.15) is 0 Å². The Morgan fingerprint density at radius 2 is 2.23 bits per heavy atom. The quantitative estimate of drug-likeness (QED) is 0.603. The van der Waals surface area contributed by atoms with Gasteiger partial charge in [0.1, 0.15) is 0 Å². The first-order valence-corrected chi connectivity index (χ1v) is 4.93. The molecule has 1 rings (SSSR count). The standard InChI is InChI=1S/C9H12FNOS/c1-3-13-9-5-8(12-2)6(10)4-7(9)11/h4-5H,3,11H2,1-2H3.